The second-order valence-electron chi connectivity index (χ2n) is 3.83. The van der Waals surface area contributed by atoms with Crippen molar-refractivity contribution in [1.82, 2.24) is 0 Å². The van der Waals surface area contributed by atoms with Crippen LogP contribution in [0.3, 0.4) is 0 Å². The van der Waals surface area contributed by atoms with Crippen LogP contribution in [0.5, 0.6) is 0 Å². The monoisotopic (exact) mass is 427 g/mol. The van der Waals surface area contributed by atoms with Crippen molar-refractivity contribution in [2.24, 2.45) is 5.73 Å². The highest BCUT2D eigenvalue weighted by Crippen LogP contribution is 2.36. The number of benzene rings is 1. The van der Waals surface area contributed by atoms with E-state index in [0.29, 0.717) is 16.5 Å². The molecule has 1 aromatic heterocycles. The van der Waals surface area contributed by atoms with Crippen LogP contribution in [0.4, 0.5) is 0 Å². The normalized spacial score (nSPS) is 12.7. The quantitative estimate of drug-likeness (QED) is 0.653. The van der Waals surface area contributed by atoms with Crippen LogP contribution in [0, 0.1) is 0 Å². The Morgan fingerprint density at radius 2 is 1.94 bits per heavy atom. The van der Waals surface area contributed by atoms with Gasteiger partial charge in [-0.25, -0.2) is 0 Å². The SMILES string of the molecule is NC(Cc1ccc(Cl)cc1Cl)c1cc(Br)sc1Br. The van der Waals surface area contributed by atoms with Gasteiger partial charge in [-0.05, 0) is 67.6 Å². The fourth-order valence-electron chi connectivity index (χ4n) is 1.64. The number of thiophene rings is 1. The van der Waals surface area contributed by atoms with Crippen LogP contribution in [0.2, 0.25) is 10.0 Å². The van der Waals surface area contributed by atoms with Crippen molar-refractivity contribution in [2.45, 2.75) is 12.5 Å². The first-order chi connectivity index (χ1) is 8.47. The molecule has 1 aromatic carbocycles. The molecule has 18 heavy (non-hydrogen) atoms. The molecule has 2 N–H and O–H groups in total. The van der Waals surface area contributed by atoms with Gasteiger partial charge in [0.25, 0.3) is 0 Å². The second kappa shape index (κ2) is 6.25. The van der Waals surface area contributed by atoms with Gasteiger partial charge >= 0.3 is 0 Å². The molecule has 0 saturated heterocycles. The summed E-state index contributed by atoms with van der Waals surface area (Å²) in [5.41, 5.74) is 8.30. The molecule has 1 unspecified atom stereocenters. The predicted octanol–water partition coefficient (Wildman–Crippen LogP) is 5.82. The van der Waals surface area contributed by atoms with Gasteiger partial charge in [-0.15, -0.1) is 11.3 Å². The minimum atomic E-state index is -0.0967. The molecule has 2 rings (SSSR count). The summed E-state index contributed by atoms with van der Waals surface area (Å²) in [6, 6.07) is 7.42. The largest absolute Gasteiger partial charge is 0.324 e. The molecule has 1 nitrogen and oxygen atoms in total. The predicted molar refractivity (Wildman–Crippen MR) is 86.8 cm³/mol. The topological polar surface area (TPSA) is 26.0 Å². The molecule has 0 aliphatic carbocycles. The van der Waals surface area contributed by atoms with Gasteiger partial charge in [0.05, 0.1) is 7.57 Å². The van der Waals surface area contributed by atoms with E-state index in [9.17, 15) is 0 Å². The average Bonchev–Trinajstić information content (AvgIpc) is 2.62. The molecule has 96 valence electrons. The zero-order valence-corrected chi connectivity index (χ0v) is 14.6. The van der Waals surface area contributed by atoms with E-state index in [1.54, 1.807) is 17.4 Å². The molecule has 0 aliphatic heterocycles. The third kappa shape index (κ3) is 3.50. The van der Waals surface area contributed by atoms with Gasteiger partial charge in [0.2, 0.25) is 0 Å². The molecular formula is C12H9Br2Cl2NS. The van der Waals surface area contributed by atoms with E-state index in [0.717, 1.165) is 18.7 Å². The van der Waals surface area contributed by atoms with E-state index in [2.05, 4.69) is 31.9 Å². The van der Waals surface area contributed by atoms with Crippen LogP contribution in [0.1, 0.15) is 17.2 Å². The van der Waals surface area contributed by atoms with Crippen molar-refractivity contribution >= 4 is 66.4 Å². The van der Waals surface area contributed by atoms with Gasteiger partial charge in [-0.1, -0.05) is 29.3 Å². The first-order valence-electron chi connectivity index (χ1n) is 5.11. The Morgan fingerprint density at radius 1 is 1.22 bits per heavy atom. The van der Waals surface area contributed by atoms with E-state index >= 15 is 0 Å². The molecule has 1 atom stereocenters. The molecule has 0 saturated carbocycles. The van der Waals surface area contributed by atoms with Gasteiger partial charge in [0, 0.05) is 16.1 Å². The van der Waals surface area contributed by atoms with Crippen molar-refractivity contribution in [2.75, 3.05) is 0 Å². The summed E-state index contributed by atoms with van der Waals surface area (Å²) in [6.07, 6.45) is 0.678. The summed E-state index contributed by atoms with van der Waals surface area (Å²) in [7, 11) is 0. The Hall–Kier alpha value is 0.420. The standard InChI is InChI=1S/C12H9Br2Cl2NS/c13-11-5-8(12(14)18-11)10(17)3-6-1-2-7(15)4-9(6)16/h1-2,4-5,10H,3,17H2. The van der Waals surface area contributed by atoms with Crippen LogP contribution < -0.4 is 5.73 Å². The Balaban J connectivity index is 2.21. The fourth-order valence-corrected chi connectivity index (χ4v) is 5.13. The fraction of sp³-hybridized carbons (Fsp3) is 0.167. The second-order valence-corrected chi connectivity index (χ2v) is 8.42. The summed E-state index contributed by atoms with van der Waals surface area (Å²) < 4.78 is 2.11. The van der Waals surface area contributed by atoms with Crippen LogP contribution >= 0.6 is 66.4 Å². The maximum atomic E-state index is 6.21. The number of nitrogens with two attached hydrogens (primary N) is 1. The third-order valence-electron chi connectivity index (χ3n) is 2.54. The molecule has 2 aromatic rings. The van der Waals surface area contributed by atoms with Gasteiger partial charge in [-0.2, -0.15) is 0 Å². The molecule has 0 radical (unpaired) electrons. The van der Waals surface area contributed by atoms with E-state index in [1.807, 2.05) is 18.2 Å². The first-order valence-corrected chi connectivity index (χ1v) is 8.27. The molecule has 0 spiro atoms. The molecule has 0 fully saturated rings. The minimum absolute atomic E-state index is 0.0967. The van der Waals surface area contributed by atoms with Crippen LogP contribution in [0.15, 0.2) is 31.8 Å². The maximum absolute atomic E-state index is 6.21. The van der Waals surface area contributed by atoms with Crippen LogP contribution in [-0.2, 0) is 6.42 Å². The highest BCUT2D eigenvalue weighted by molar-refractivity contribution is 9.12. The highest BCUT2D eigenvalue weighted by atomic mass is 79.9. The van der Waals surface area contributed by atoms with Crippen molar-refractivity contribution in [3.63, 3.8) is 0 Å². The molecule has 6 heteroatoms. The van der Waals surface area contributed by atoms with Crippen molar-refractivity contribution in [3.8, 4) is 0 Å². The lowest BCUT2D eigenvalue weighted by Gasteiger charge is -2.12. The van der Waals surface area contributed by atoms with Gasteiger partial charge < -0.3 is 5.73 Å². The zero-order valence-electron chi connectivity index (χ0n) is 9.09. The van der Waals surface area contributed by atoms with Crippen molar-refractivity contribution in [1.29, 1.82) is 0 Å². The lowest BCUT2D eigenvalue weighted by Crippen LogP contribution is -2.13. The summed E-state index contributed by atoms with van der Waals surface area (Å²) in [4.78, 5) is 0. The number of rotatable bonds is 3. The van der Waals surface area contributed by atoms with Crippen LogP contribution in [0.25, 0.3) is 0 Å². The molecule has 0 aliphatic rings. The Bertz CT molecular complexity index is 571. The van der Waals surface area contributed by atoms with E-state index in [1.165, 1.54) is 0 Å². The van der Waals surface area contributed by atoms with E-state index < -0.39 is 0 Å². The highest BCUT2D eigenvalue weighted by Gasteiger charge is 2.15. The van der Waals surface area contributed by atoms with E-state index in [-0.39, 0.29) is 6.04 Å². The molecule has 1 heterocycles. The lowest BCUT2D eigenvalue weighted by molar-refractivity contribution is 0.722. The van der Waals surface area contributed by atoms with Gasteiger partial charge in [0.1, 0.15) is 0 Å². The maximum Gasteiger partial charge on any atom is 0.0758 e. The molecule has 0 amide bonds. The Morgan fingerprint density at radius 3 is 2.50 bits per heavy atom. The number of halogens is 4. The van der Waals surface area contributed by atoms with Gasteiger partial charge in [-0.3, -0.25) is 0 Å². The lowest BCUT2D eigenvalue weighted by atomic mass is 10.0. The third-order valence-corrected chi connectivity index (χ3v) is 5.51. The minimum Gasteiger partial charge on any atom is -0.324 e. The summed E-state index contributed by atoms with van der Waals surface area (Å²) >= 11 is 20.6. The van der Waals surface area contributed by atoms with Crippen molar-refractivity contribution in [3.05, 3.63) is 53.0 Å². The smallest absolute Gasteiger partial charge is 0.0758 e. The van der Waals surface area contributed by atoms with E-state index in [4.69, 9.17) is 28.9 Å². The zero-order chi connectivity index (χ0) is 13.3. The Labute approximate surface area is 137 Å². The van der Waals surface area contributed by atoms with Gasteiger partial charge in [0.15, 0.2) is 0 Å². The van der Waals surface area contributed by atoms with Crippen molar-refractivity contribution < 1.29 is 0 Å². The molecule has 0 bridgehead atoms. The summed E-state index contributed by atoms with van der Waals surface area (Å²) in [6.45, 7) is 0. The summed E-state index contributed by atoms with van der Waals surface area (Å²) in [5.74, 6) is 0. The Kier molecular flexibility index (Phi) is 5.14. The first kappa shape index (κ1) is 14.8. The number of hydrogen-bond donors (Lipinski definition) is 1. The average molecular weight is 430 g/mol. The summed E-state index contributed by atoms with van der Waals surface area (Å²) in [5, 5.41) is 1.29. The number of hydrogen-bond acceptors (Lipinski definition) is 2. The molecular weight excluding hydrogens is 421 g/mol. The van der Waals surface area contributed by atoms with Crippen LogP contribution in [-0.4, -0.2) is 0 Å².